The smallest absolute Gasteiger partial charge is 0.249 e. The number of nitrogen functional groups attached to an aromatic ring is 1. The second kappa shape index (κ2) is 8.04. The third kappa shape index (κ3) is 3.72. The molecule has 0 aliphatic carbocycles. The fourth-order valence-electron chi connectivity index (χ4n) is 3.54. The predicted molar refractivity (Wildman–Crippen MR) is 104 cm³/mol. The first-order chi connectivity index (χ1) is 12.6. The van der Waals surface area contributed by atoms with E-state index in [9.17, 15) is 9.59 Å². The SMILES string of the molecule is CCN(C(=O)CCc1ccccc1N)C1CCN(c2ccccc2)C1=O. The normalized spacial score (nSPS) is 16.7. The van der Waals surface area contributed by atoms with Crippen molar-refractivity contribution in [2.75, 3.05) is 23.7 Å². The topological polar surface area (TPSA) is 66.6 Å². The lowest BCUT2D eigenvalue weighted by Crippen LogP contribution is -2.45. The average Bonchev–Trinajstić information content (AvgIpc) is 3.04. The molecule has 0 aromatic heterocycles. The summed E-state index contributed by atoms with van der Waals surface area (Å²) in [5, 5.41) is 0. The van der Waals surface area contributed by atoms with Crippen LogP contribution in [0.15, 0.2) is 54.6 Å². The van der Waals surface area contributed by atoms with Crippen LogP contribution in [-0.2, 0) is 16.0 Å². The molecule has 1 aliphatic rings. The largest absolute Gasteiger partial charge is 0.399 e. The van der Waals surface area contributed by atoms with E-state index in [0.29, 0.717) is 38.0 Å². The molecule has 0 bridgehead atoms. The molecule has 2 aromatic rings. The molecule has 0 saturated carbocycles. The molecule has 5 heteroatoms. The number of rotatable bonds is 6. The third-order valence-corrected chi connectivity index (χ3v) is 4.95. The van der Waals surface area contributed by atoms with E-state index in [1.165, 1.54) is 0 Å². The first-order valence-electron chi connectivity index (χ1n) is 9.11. The maximum absolute atomic E-state index is 12.9. The fourth-order valence-corrected chi connectivity index (χ4v) is 3.54. The molecule has 1 atom stereocenters. The first kappa shape index (κ1) is 18.0. The minimum absolute atomic E-state index is 0.00372. The minimum atomic E-state index is -0.374. The molecule has 0 radical (unpaired) electrons. The summed E-state index contributed by atoms with van der Waals surface area (Å²) in [5.41, 5.74) is 8.52. The lowest BCUT2D eigenvalue weighted by Gasteiger charge is -2.27. The van der Waals surface area contributed by atoms with Crippen molar-refractivity contribution in [3.8, 4) is 0 Å². The molecule has 1 saturated heterocycles. The Labute approximate surface area is 154 Å². The summed E-state index contributed by atoms with van der Waals surface area (Å²) < 4.78 is 0. The van der Waals surface area contributed by atoms with E-state index in [4.69, 9.17) is 5.73 Å². The fraction of sp³-hybridized carbons (Fsp3) is 0.333. The second-order valence-electron chi connectivity index (χ2n) is 6.51. The molecule has 2 N–H and O–H groups in total. The lowest BCUT2D eigenvalue weighted by atomic mass is 10.1. The molecule has 1 fully saturated rings. The van der Waals surface area contributed by atoms with Crippen LogP contribution in [0.2, 0.25) is 0 Å². The maximum atomic E-state index is 12.9. The molecule has 2 amide bonds. The molecule has 3 rings (SSSR count). The Morgan fingerprint density at radius 2 is 1.85 bits per heavy atom. The molecule has 5 nitrogen and oxygen atoms in total. The number of nitrogens with zero attached hydrogens (tertiary/aromatic N) is 2. The van der Waals surface area contributed by atoms with Crippen LogP contribution in [0, 0.1) is 0 Å². The molecule has 26 heavy (non-hydrogen) atoms. The van der Waals surface area contributed by atoms with Gasteiger partial charge in [-0.05, 0) is 43.5 Å². The van der Waals surface area contributed by atoms with Crippen LogP contribution < -0.4 is 10.6 Å². The number of para-hydroxylation sites is 2. The summed E-state index contributed by atoms with van der Waals surface area (Å²) in [5.74, 6) is 0.00893. The van der Waals surface area contributed by atoms with Crippen LogP contribution >= 0.6 is 0 Å². The van der Waals surface area contributed by atoms with Crippen molar-refractivity contribution in [2.24, 2.45) is 0 Å². The van der Waals surface area contributed by atoms with E-state index in [-0.39, 0.29) is 17.9 Å². The van der Waals surface area contributed by atoms with Crippen LogP contribution in [0.3, 0.4) is 0 Å². The van der Waals surface area contributed by atoms with Crippen LogP contribution in [0.5, 0.6) is 0 Å². The summed E-state index contributed by atoms with van der Waals surface area (Å²) in [6.07, 6.45) is 1.61. The number of benzene rings is 2. The highest BCUT2D eigenvalue weighted by Crippen LogP contribution is 2.25. The Bertz CT molecular complexity index is 776. The summed E-state index contributed by atoms with van der Waals surface area (Å²) in [4.78, 5) is 29.1. The first-order valence-corrected chi connectivity index (χ1v) is 9.11. The monoisotopic (exact) mass is 351 g/mol. The van der Waals surface area contributed by atoms with Gasteiger partial charge in [0.1, 0.15) is 6.04 Å². The standard InChI is InChI=1S/C21H25N3O2/c1-2-23(20(25)13-12-16-8-6-7-11-18(16)22)19-14-15-24(21(19)26)17-9-4-3-5-10-17/h3-11,19H,2,12-15,22H2,1H3. The van der Waals surface area contributed by atoms with E-state index < -0.39 is 0 Å². The summed E-state index contributed by atoms with van der Waals surface area (Å²) in [7, 11) is 0. The number of hydrogen-bond acceptors (Lipinski definition) is 3. The van der Waals surface area contributed by atoms with Gasteiger partial charge in [0.15, 0.2) is 0 Å². The zero-order valence-corrected chi connectivity index (χ0v) is 15.1. The van der Waals surface area contributed by atoms with Gasteiger partial charge < -0.3 is 15.5 Å². The molecule has 1 unspecified atom stereocenters. The quantitative estimate of drug-likeness (QED) is 0.814. The molecule has 0 spiro atoms. The molecular formula is C21H25N3O2. The van der Waals surface area contributed by atoms with Gasteiger partial charge in [-0.25, -0.2) is 0 Å². The summed E-state index contributed by atoms with van der Waals surface area (Å²) in [6.45, 7) is 3.10. The highest BCUT2D eigenvalue weighted by Gasteiger charge is 2.37. The Hall–Kier alpha value is -2.82. The molecular weight excluding hydrogens is 326 g/mol. The zero-order valence-electron chi connectivity index (χ0n) is 15.1. The number of hydrogen-bond donors (Lipinski definition) is 1. The van der Waals surface area contributed by atoms with Crippen molar-refractivity contribution >= 4 is 23.2 Å². The lowest BCUT2D eigenvalue weighted by molar-refractivity contribution is -0.138. The van der Waals surface area contributed by atoms with Crippen molar-refractivity contribution in [2.45, 2.75) is 32.2 Å². The van der Waals surface area contributed by atoms with E-state index >= 15 is 0 Å². The maximum Gasteiger partial charge on any atom is 0.249 e. The van der Waals surface area contributed by atoms with E-state index in [1.807, 2.05) is 61.5 Å². The van der Waals surface area contributed by atoms with E-state index in [2.05, 4.69) is 0 Å². The Balaban J connectivity index is 1.66. The molecule has 1 aliphatic heterocycles. The van der Waals surface area contributed by atoms with Gasteiger partial charge >= 0.3 is 0 Å². The second-order valence-corrected chi connectivity index (χ2v) is 6.51. The number of carbonyl (C=O) groups is 2. The van der Waals surface area contributed by atoms with E-state index in [1.54, 1.807) is 9.80 Å². The van der Waals surface area contributed by atoms with Crippen molar-refractivity contribution in [3.05, 3.63) is 60.2 Å². The van der Waals surface area contributed by atoms with Crippen molar-refractivity contribution in [1.82, 2.24) is 4.90 Å². The number of anilines is 2. The Morgan fingerprint density at radius 1 is 1.15 bits per heavy atom. The van der Waals surface area contributed by atoms with Gasteiger partial charge in [-0.2, -0.15) is 0 Å². The zero-order chi connectivity index (χ0) is 18.5. The summed E-state index contributed by atoms with van der Waals surface area (Å²) in [6, 6.07) is 16.8. The van der Waals surface area contributed by atoms with Crippen molar-refractivity contribution < 1.29 is 9.59 Å². The summed E-state index contributed by atoms with van der Waals surface area (Å²) >= 11 is 0. The predicted octanol–water partition coefficient (Wildman–Crippen LogP) is 2.86. The van der Waals surface area contributed by atoms with Gasteiger partial charge in [-0.3, -0.25) is 9.59 Å². The van der Waals surface area contributed by atoms with Gasteiger partial charge in [-0.1, -0.05) is 36.4 Å². The van der Waals surface area contributed by atoms with Gasteiger partial charge in [0, 0.05) is 30.9 Å². The number of amides is 2. The molecule has 1 heterocycles. The number of nitrogens with two attached hydrogens (primary N) is 1. The highest BCUT2D eigenvalue weighted by molar-refractivity contribution is 6.01. The van der Waals surface area contributed by atoms with Gasteiger partial charge in [0.05, 0.1) is 0 Å². The van der Waals surface area contributed by atoms with E-state index in [0.717, 1.165) is 11.3 Å². The van der Waals surface area contributed by atoms with Crippen LogP contribution in [-0.4, -0.2) is 35.8 Å². The number of likely N-dealkylation sites (N-methyl/N-ethyl adjacent to an activating group) is 1. The Kier molecular flexibility index (Phi) is 5.56. The molecule has 2 aromatic carbocycles. The minimum Gasteiger partial charge on any atom is -0.399 e. The number of aryl methyl sites for hydroxylation is 1. The average molecular weight is 351 g/mol. The van der Waals surface area contributed by atoms with Crippen molar-refractivity contribution in [3.63, 3.8) is 0 Å². The van der Waals surface area contributed by atoms with Crippen LogP contribution in [0.1, 0.15) is 25.3 Å². The molecule has 136 valence electrons. The van der Waals surface area contributed by atoms with Crippen molar-refractivity contribution in [1.29, 1.82) is 0 Å². The van der Waals surface area contributed by atoms with Crippen LogP contribution in [0.4, 0.5) is 11.4 Å². The third-order valence-electron chi connectivity index (χ3n) is 4.95. The van der Waals surface area contributed by atoms with Gasteiger partial charge in [0.2, 0.25) is 11.8 Å². The van der Waals surface area contributed by atoms with Gasteiger partial charge in [0.25, 0.3) is 0 Å². The highest BCUT2D eigenvalue weighted by atomic mass is 16.2. The number of carbonyl (C=O) groups excluding carboxylic acids is 2. The Morgan fingerprint density at radius 3 is 2.54 bits per heavy atom. The van der Waals surface area contributed by atoms with Gasteiger partial charge in [-0.15, -0.1) is 0 Å². The van der Waals surface area contributed by atoms with Crippen LogP contribution in [0.25, 0.3) is 0 Å².